The highest BCUT2D eigenvalue weighted by Crippen LogP contribution is 2.44. The first-order valence-corrected chi connectivity index (χ1v) is 8.92. The van der Waals surface area contributed by atoms with E-state index < -0.39 is 5.60 Å². The third-order valence-corrected chi connectivity index (χ3v) is 6.30. The molecule has 1 fully saturated rings. The molecule has 0 bridgehead atoms. The lowest BCUT2D eigenvalue weighted by molar-refractivity contribution is -0.0583. The van der Waals surface area contributed by atoms with Gasteiger partial charge in [-0.3, -0.25) is 0 Å². The van der Waals surface area contributed by atoms with Gasteiger partial charge in [-0.05, 0) is 36.4 Å². The molecule has 0 aliphatic carbocycles. The number of nitrogens with zero attached hydrogens (tertiary/aromatic N) is 1. The van der Waals surface area contributed by atoms with Crippen molar-refractivity contribution in [3.63, 3.8) is 0 Å². The minimum atomic E-state index is -0.909. The maximum atomic E-state index is 11.6. The highest BCUT2D eigenvalue weighted by molar-refractivity contribution is 7.11. The largest absolute Gasteiger partial charge is 0.380 e. The first-order chi connectivity index (χ1) is 10.1. The number of methoxy groups -OCH3 is 1. The molecule has 114 valence electrons. The van der Waals surface area contributed by atoms with E-state index in [4.69, 9.17) is 4.74 Å². The van der Waals surface area contributed by atoms with E-state index in [9.17, 15) is 5.11 Å². The van der Waals surface area contributed by atoms with Crippen LogP contribution in [0, 0.1) is 5.92 Å². The van der Waals surface area contributed by atoms with Gasteiger partial charge in [0.25, 0.3) is 0 Å². The lowest BCUT2D eigenvalue weighted by Gasteiger charge is -2.43. The van der Waals surface area contributed by atoms with Crippen LogP contribution in [0.25, 0.3) is 0 Å². The quantitative estimate of drug-likeness (QED) is 0.939. The molecule has 0 amide bonds. The van der Waals surface area contributed by atoms with E-state index in [1.807, 2.05) is 35.0 Å². The maximum absolute atomic E-state index is 11.6. The lowest BCUT2D eigenvalue weighted by atomic mass is 9.78. The van der Waals surface area contributed by atoms with Crippen LogP contribution in [0.4, 0.5) is 0 Å². The maximum Gasteiger partial charge on any atom is 0.137 e. The number of piperidine rings is 1. The minimum Gasteiger partial charge on any atom is -0.380 e. The van der Waals surface area contributed by atoms with Crippen LogP contribution < -0.4 is 0 Å². The Morgan fingerprint density at radius 3 is 2.29 bits per heavy atom. The summed E-state index contributed by atoms with van der Waals surface area (Å²) in [5, 5.41) is 15.7. The summed E-state index contributed by atoms with van der Waals surface area (Å²) in [5.41, 5.74) is -0.909. The standard InChI is InChI=1S/C16H21NO2S2/c1-17-10-12(9-13(11-17)19-2)16(18,14-5-3-7-20-14)15-6-4-8-21-15/h3-8,12-13,18H,9-11H2,1-2H3/t12-,13+/m0/s1. The van der Waals surface area contributed by atoms with Crippen LogP contribution in [0.3, 0.4) is 0 Å². The number of hydrogen-bond donors (Lipinski definition) is 1. The predicted molar refractivity (Wildman–Crippen MR) is 88.0 cm³/mol. The van der Waals surface area contributed by atoms with Crippen molar-refractivity contribution in [1.29, 1.82) is 0 Å². The van der Waals surface area contributed by atoms with Crippen molar-refractivity contribution in [2.24, 2.45) is 5.92 Å². The first kappa shape index (κ1) is 15.2. The number of thiophene rings is 2. The normalized spacial score (nSPS) is 24.3. The van der Waals surface area contributed by atoms with E-state index >= 15 is 0 Å². The number of ether oxygens (including phenoxy) is 1. The highest BCUT2D eigenvalue weighted by Gasteiger charge is 2.45. The average Bonchev–Trinajstić information content (AvgIpc) is 3.18. The Hall–Kier alpha value is -0.720. The Morgan fingerprint density at radius 1 is 1.19 bits per heavy atom. The van der Waals surface area contributed by atoms with Gasteiger partial charge in [-0.15, -0.1) is 22.7 Å². The molecule has 1 aliphatic rings. The summed E-state index contributed by atoms with van der Waals surface area (Å²) in [4.78, 5) is 4.31. The fourth-order valence-corrected chi connectivity index (χ4v) is 5.15. The second-order valence-corrected chi connectivity index (χ2v) is 7.63. The van der Waals surface area contributed by atoms with E-state index in [-0.39, 0.29) is 12.0 Å². The second-order valence-electron chi connectivity index (χ2n) is 5.73. The van der Waals surface area contributed by atoms with Crippen LogP contribution in [0.1, 0.15) is 16.2 Å². The Bertz CT molecular complexity index is 519. The van der Waals surface area contributed by atoms with E-state index in [2.05, 4.69) is 11.9 Å². The molecule has 0 spiro atoms. The summed E-state index contributed by atoms with van der Waals surface area (Å²) in [5.74, 6) is 0.137. The SMILES string of the molecule is CO[C@@H]1C[C@H](C(O)(c2cccs2)c2cccs2)CN(C)C1. The fraction of sp³-hybridized carbons (Fsp3) is 0.500. The molecule has 3 nitrogen and oxygen atoms in total. The van der Waals surface area contributed by atoms with Gasteiger partial charge >= 0.3 is 0 Å². The third-order valence-electron chi connectivity index (χ3n) is 4.31. The average molecular weight is 323 g/mol. The molecule has 1 saturated heterocycles. The molecule has 3 heterocycles. The Kier molecular flexibility index (Phi) is 4.47. The summed E-state index contributed by atoms with van der Waals surface area (Å²) >= 11 is 3.26. The molecule has 0 radical (unpaired) electrons. The van der Waals surface area contributed by atoms with Crippen molar-refractivity contribution in [2.45, 2.75) is 18.1 Å². The Morgan fingerprint density at radius 2 is 1.81 bits per heavy atom. The summed E-state index contributed by atoms with van der Waals surface area (Å²) in [7, 11) is 3.86. The minimum absolute atomic E-state index is 0.137. The molecule has 0 saturated carbocycles. The van der Waals surface area contributed by atoms with Gasteiger partial charge in [-0.2, -0.15) is 0 Å². The Labute approximate surface area is 133 Å². The van der Waals surface area contributed by atoms with Gasteiger partial charge < -0.3 is 14.7 Å². The van der Waals surface area contributed by atoms with Gasteiger partial charge in [0.2, 0.25) is 0 Å². The van der Waals surface area contributed by atoms with Crippen molar-refractivity contribution in [2.75, 3.05) is 27.2 Å². The van der Waals surface area contributed by atoms with Crippen molar-refractivity contribution < 1.29 is 9.84 Å². The van der Waals surface area contributed by atoms with Crippen LogP contribution in [0.5, 0.6) is 0 Å². The highest BCUT2D eigenvalue weighted by atomic mass is 32.1. The second kappa shape index (κ2) is 6.18. The number of likely N-dealkylation sites (tertiary alicyclic amines) is 1. The van der Waals surface area contributed by atoms with Gasteiger partial charge in [0.05, 0.1) is 6.10 Å². The van der Waals surface area contributed by atoms with Crippen LogP contribution >= 0.6 is 22.7 Å². The number of likely N-dealkylation sites (N-methyl/N-ethyl adjacent to an activating group) is 1. The van der Waals surface area contributed by atoms with Gasteiger partial charge in [-0.1, -0.05) is 12.1 Å². The topological polar surface area (TPSA) is 32.7 Å². The monoisotopic (exact) mass is 323 g/mol. The number of aliphatic hydroxyl groups is 1. The molecule has 1 N–H and O–H groups in total. The van der Waals surface area contributed by atoms with Crippen molar-refractivity contribution in [3.8, 4) is 0 Å². The van der Waals surface area contributed by atoms with Gasteiger partial charge in [0.1, 0.15) is 5.60 Å². The molecular formula is C16H21NO2S2. The molecular weight excluding hydrogens is 302 g/mol. The van der Waals surface area contributed by atoms with Crippen molar-refractivity contribution in [3.05, 3.63) is 44.8 Å². The number of hydrogen-bond acceptors (Lipinski definition) is 5. The van der Waals surface area contributed by atoms with E-state index in [1.165, 1.54) is 0 Å². The molecule has 2 aromatic heterocycles. The zero-order valence-corrected chi connectivity index (χ0v) is 14.0. The van der Waals surface area contributed by atoms with E-state index in [0.717, 1.165) is 29.3 Å². The third kappa shape index (κ3) is 2.81. The zero-order chi connectivity index (χ0) is 14.9. The van der Waals surface area contributed by atoms with Crippen LogP contribution in [-0.2, 0) is 10.3 Å². The molecule has 0 unspecified atom stereocenters. The van der Waals surface area contributed by atoms with Crippen molar-refractivity contribution >= 4 is 22.7 Å². The number of rotatable bonds is 4. The molecule has 3 rings (SSSR count). The van der Waals surface area contributed by atoms with Crippen LogP contribution in [0.2, 0.25) is 0 Å². The van der Waals surface area contributed by atoms with Crippen LogP contribution in [0.15, 0.2) is 35.0 Å². The van der Waals surface area contributed by atoms with Crippen LogP contribution in [-0.4, -0.2) is 43.4 Å². The van der Waals surface area contributed by atoms with E-state index in [1.54, 1.807) is 29.8 Å². The van der Waals surface area contributed by atoms with E-state index in [0.29, 0.717) is 0 Å². The zero-order valence-electron chi connectivity index (χ0n) is 12.4. The van der Waals surface area contributed by atoms with Gasteiger partial charge in [-0.25, -0.2) is 0 Å². The lowest BCUT2D eigenvalue weighted by Crippen LogP contribution is -2.50. The predicted octanol–water partition coefficient (Wildman–Crippen LogP) is 3.01. The molecule has 2 atom stereocenters. The van der Waals surface area contributed by atoms with Crippen molar-refractivity contribution in [1.82, 2.24) is 4.90 Å². The smallest absolute Gasteiger partial charge is 0.137 e. The fourth-order valence-electron chi connectivity index (χ4n) is 3.25. The first-order valence-electron chi connectivity index (χ1n) is 7.16. The van der Waals surface area contributed by atoms with Gasteiger partial charge in [0, 0.05) is 35.9 Å². The molecule has 1 aliphatic heterocycles. The molecule has 21 heavy (non-hydrogen) atoms. The summed E-state index contributed by atoms with van der Waals surface area (Å²) < 4.78 is 5.58. The molecule has 2 aromatic rings. The summed E-state index contributed by atoms with van der Waals surface area (Å²) in [6.45, 7) is 1.81. The molecule has 5 heteroatoms. The molecule has 0 aromatic carbocycles. The summed E-state index contributed by atoms with van der Waals surface area (Å²) in [6, 6.07) is 8.11. The summed E-state index contributed by atoms with van der Waals surface area (Å²) in [6.07, 6.45) is 1.06. The Balaban J connectivity index is 2.00. The van der Waals surface area contributed by atoms with Gasteiger partial charge in [0.15, 0.2) is 0 Å².